The lowest BCUT2D eigenvalue weighted by atomic mass is 10.1. The molecule has 0 bridgehead atoms. The van der Waals surface area contributed by atoms with Gasteiger partial charge in [-0.25, -0.2) is 4.79 Å². The number of benzene rings is 1. The predicted molar refractivity (Wildman–Crippen MR) is 79.9 cm³/mol. The van der Waals surface area contributed by atoms with Gasteiger partial charge in [0.05, 0.1) is 25.7 Å². The number of nitrogens with zero attached hydrogens (tertiary/aromatic N) is 1. The number of carbonyl (C=O) groups is 2. The first-order chi connectivity index (χ1) is 10.5. The van der Waals surface area contributed by atoms with E-state index in [2.05, 4.69) is 0 Å². The molecule has 1 fully saturated rings. The number of carbonyl (C=O) groups excluding carboxylic acids is 1. The fourth-order valence-corrected chi connectivity index (χ4v) is 2.45. The molecule has 1 saturated heterocycles. The van der Waals surface area contributed by atoms with E-state index in [1.54, 1.807) is 11.8 Å². The number of rotatable bonds is 5. The fourth-order valence-electron chi connectivity index (χ4n) is 2.45. The monoisotopic (exact) mass is 307 g/mol. The molecule has 0 aliphatic carbocycles. The second kappa shape index (κ2) is 7.26. The maximum atomic E-state index is 12.3. The van der Waals surface area contributed by atoms with Gasteiger partial charge in [-0.2, -0.15) is 0 Å². The summed E-state index contributed by atoms with van der Waals surface area (Å²) in [6, 6.07) is 7.35. The molecule has 1 aliphatic rings. The highest BCUT2D eigenvalue weighted by Gasteiger charge is 2.32. The largest absolute Gasteiger partial charge is 0.494 e. The van der Waals surface area contributed by atoms with Gasteiger partial charge in [-0.1, -0.05) is 12.1 Å². The molecule has 1 amide bonds. The smallest absolute Gasteiger partial charge is 0.334 e. The Bertz CT molecular complexity index is 528. The minimum absolute atomic E-state index is 0.0921. The molecule has 1 unspecified atom stereocenters. The number of ether oxygens (including phenoxy) is 2. The molecule has 2 rings (SSSR count). The van der Waals surface area contributed by atoms with Crippen LogP contribution in [0.5, 0.6) is 5.75 Å². The van der Waals surface area contributed by atoms with Gasteiger partial charge in [-0.15, -0.1) is 0 Å². The van der Waals surface area contributed by atoms with Gasteiger partial charge in [0.25, 0.3) is 0 Å². The van der Waals surface area contributed by atoms with Crippen molar-refractivity contribution in [3.63, 3.8) is 0 Å². The normalized spacial score (nSPS) is 21.5. The van der Waals surface area contributed by atoms with E-state index in [-0.39, 0.29) is 25.0 Å². The zero-order valence-electron chi connectivity index (χ0n) is 12.8. The van der Waals surface area contributed by atoms with Crippen LogP contribution in [0.25, 0.3) is 0 Å². The van der Waals surface area contributed by atoms with Crippen molar-refractivity contribution < 1.29 is 24.2 Å². The second-order valence-corrected chi connectivity index (χ2v) is 5.33. The van der Waals surface area contributed by atoms with Gasteiger partial charge >= 0.3 is 5.97 Å². The maximum absolute atomic E-state index is 12.3. The highest BCUT2D eigenvalue weighted by molar-refractivity contribution is 5.80. The quantitative estimate of drug-likeness (QED) is 0.888. The Morgan fingerprint density at radius 1 is 1.32 bits per heavy atom. The van der Waals surface area contributed by atoms with Crippen LogP contribution < -0.4 is 4.74 Å². The Hall–Kier alpha value is -2.08. The molecule has 1 aromatic carbocycles. The van der Waals surface area contributed by atoms with Crippen LogP contribution in [-0.4, -0.2) is 53.8 Å². The van der Waals surface area contributed by atoms with E-state index in [0.717, 1.165) is 11.3 Å². The van der Waals surface area contributed by atoms with Crippen molar-refractivity contribution in [3.05, 3.63) is 29.8 Å². The van der Waals surface area contributed by atoms with Crippen molar-refractivity contribution in [1.29, 1.82) is 0 Å². The van der Waals surface area contributed by atoms with Crippen molar-refractivity contribution in [2.24, 2.45) is 0 Å². The van der Waals surface area contributed by atoms with Crippen molar-refractivity contribution in [2.75, 3.05) is 19.7 Å². The fraction of sp³-hybridized carbons (Fsp3) is 0.500. The molecule has 0 saturated carbocycles. The summed E-state index contributed by atoms with van der Waals surface area (Å²) in [6.45, 7) is 4.79. The van der Waals surface area contributed by atoms with Crippen LogP contribution in [0.15, 0.2) is 24.3 Å². The summed E-state index contributed by atoms with van der Waals surface area (Å²) in [5, 5.41) is 9.05. The summed E-state index contributed by atoms with van der Waals surface area (Å²) in [4.78, 5) is 24.9. The lowest BCUT2D eigenvalue weighted by Gasteiger charge is -2.35. The van der Waals surface area contributed by atoms with Gasteiger partial charge in [0.2, 0.25) is 5.91 Å². The molecule has 22 heavy (non-hydrogen) atoms. The van der Waals surface area contributed by atoms with Crippen LogP contribution in [0.4, 0.5) is 0 Å². The third-order valence-corrected chi connectivity index (χ3v) is 3.48. The van der Waals surface area contributed by atoms with Crippen LogP contribution in [0, 0.1) is 0 Å². The van der Waals surface area contributed by atoms with Crippen molar-refractivity contribution in [3.8, 4) is 5.75 Å². The Morgan fingerprint density at radius 3 is 2.59 bits per heavy atom. The summed E-state index contributed by atoms with van der Waals surface area (Å²) in [6.07, 6.45) is -0.988. The molecular weight excluding hydrogens is 286 g/mol. The zero-order valence-corrected chi connectivity index (χ0v) is 12.8. The SMILES string of the molecule is CCOc1ccc(CC(=O)N2CC(C(=O)O)O[C@H](C)C2)cc1. The zero-order chi connectivity index (χ0) is 16.1. The standard InChI is InChI=1S/C16H21NO5/c1-3-21-13-6-4-12(5-7-13)8-15(18)17-9-11(2)22-14(10-17)16(19)20/h4-7,11,14H,3,8-10H2,1-2H3,(H,19,20)/t11-,14?/m1/s1. The van der Waals surface area contributed by atoms with Crippen LogP contribution in [0.2, 0.25) is 0 Å². The lowest BCUT2D eigenvalue weighted by Crippen LogP contribution is -2.52. The highest BCUT2D eigenvalue weighted by Crippen LogP contribution is 2.16. The van der Waals surface area contributed by atoms with Crippen LogP contribution >= 0.6 is 0 Å². The van der Waals surface area contributed by atoms with Gasteiger partial charge in [0, 0.05) is 6.54 Å². The molecule has 0 aromatic heterocycles. The first-order valence-corrected chi connectivity index (χ1v) is 7.37. The Kier molecular flexibility index (Phi) is 5.38. The van der Waals surface area contributed by atoms with E-state index >= 15 is 0 Å². The highest BCUT2D eigenvalue weighted by atomic mass is 16.5. The topological polar surface area (TPSA) is 76.1 Å². The first-order valence-electron chi connectivity index (χ1n) is 7.37. The average Bonchev–Trinajstić information content (AvgIpc) is 2.49. The van der Waals surface area contributed by atoms with E-state index in [4.69, 9.17) is 14.6 Å². The minimum Gasteiger partial charge on any atom is -0.494 e. The molecular formula is C16H21NO5. The van der Waals surface area contributed by atoms with Crippen LogP contribution in [0.1, 0.15) is 19.4 Å². The summed E-state index contributed by atoms with van der Waals surface area (Å²) in [5.74, 6) is -0.361. The number of hydrogen-bond donors (Lipinski definition) is 1. The molecule has 0 spiro atoms. The van der Waals surface area contributed by atoms with Gasteiger partial charge in [-0.3, -0.25) is 4.79 Å². The number of carboxylic acid groups (broad SMARTS) is 1. The molecule has 6 nitrogen and oxygen atoms in total. The molecule has 2 atom stereocenters. The lowest BCUT2D eigenvalue weighted by molar-refractivity contribution is -0.166. The number of morpholine rings is 1. The molecule has 6 heteroatoms. The van der Waals surface area contributed by atoms with E-state index in [1.807, 2.05) is 31.2 Å². The van der Waals surface area contributed by atoms with Crippen LogP contribution in [0.3, 0.4) is 0 Å². The van der Waals surface area contributed by atoms with Gasteiger partial charge in [0.1, 0.15) is 5.75 Å². The summed E-state index contributed by atoms with van der Waals surface area (Å²) in [5.41, 5.74) is 0.875. The maximum Gasteiger partial charge on any atom is 0.334 e. The van der Waals surface area contributed by atoms with Crippen molar-refractivity contribution >= 4 is 11.9 Å². The first kappa shape index (κ1) is 16.3. The van der Waals surface area contributed by atoms with Gasteiger partial charge in [0.15, 0.2) is 6.10 Å². The van der Waals surface area contributed by atoms with E-state index in [0.29, 0.717) is 13.2 Å². The Balaban J connectivity index is 1.97. The molecule has 1 heterocycles. The Morgan fingerprint density at radius 2 is 2.00 bits per heavy atom. The number of carboxylic acids is 1. The molecule has 0 radical (unpaired) electrons. The minimum atomic E-state index is -1.04. The molecule has 1 aliphatic heterocycles. The second-order valence-electron chi connectivity index (χ2n) is 5.33. The van der Waals surface area contributed by atoms with Crippen molar-refractivity contribution in [2.45, 2.75) is 32.5 Å². The summed E-state index contributed by atoms with van der Waals surface area (Å²) >= 11 is 0. The predicted octanol–water partition coefficient (Wildman–Crippen LogP) is 1.33. The molecule has 1 N–H and O–H groups in total. The summed E-state index contributed by atoms with van der Waals surface area (Å²) in [7, 11) is 0. The average molecular weight is 307 g/mol. The molecule has 120 valence electrons. The van der Waals surface area contributed by atoms with Crippen molar-refractivity contribution in [1.82, 2.24) is 4.90 Å². The number of amides is 1. The van der Waals surface area contributed by atoms with Crippen LogP contribution in [-0.2, 0) is 20.7 Å². The number of hydrogen-bond acceptors (Lipinski definition) is 4. The molecule has 1 aromatic rings. The van der Waals surface area contributed by atoms with Gasteiger partial charge in [-0.05, 0) is 31.5 Å². The number of aliphatic carboxylic acids is 1. The van der Waals surface area contributed by atoms with E-state index in [1.165, 1.54) is 0 Å². The van der Waals surface area contributed by atoms with Gasteiger partial charge < -0.3 is 19.5 Å². The van der Waals surface area contributed by atoms with E-state index in [9.17, 15) is 9.59 Å². The summed E-state index contributed by atoms with van der Waals surface area (Å²) < 4.78 is 10.7. The third kappa shape index (κ3) is 4.21. The Labute approximate surface area is 129 Å². The third-order valence-electron chi connectivity index (χ3n) is 3.48. The van der Waals surface area contributed by atoms with E-state index < -0.39 is 12.1 Å².